The molecule has 0 radical (unpaired) electrons. The number of H-pyrrole nitrogens is 1. The number of amides is 1. The van der Waals surface area contributed by atoms with Gasteiger partial charge in [0, 0.05) is 24.8 Å². The molecule has 2 aromatic carbocycles. The van der Waals surface area contributed by atoms with Gasteiger partial charge in [-0.3, -0.25) is 4.79 Å². The Morgan fingerprint density at radius 3 is 2.73 bits per heavy atom. The molecule has 0 aliphatic rings. The Morgan fingerprint density at radius 2 is 1.96 bits per heavy atom. The van der Waals surface area contributed by atoms with Crippen LogP contribution in [-0.4, -0.2) is 37.1 Å². The molecular formula is C19H21N3O3S. The molecule has 0 spiro atoms. The summed E-state index contributed by atoms with van der Waals surface area (Å²) in [5, 5.41) is 2.86. The monoisotopic (exact) mass is 371 g/mol. The van der Waals surface area contributed by atoms with E-state index in [1.54, 1.807) is 24.3 Å². The van der Waals surface area contributed by atoms with E-state index in [0.717, 1.165) is 29.7 Å². The van der Waals surface area contributed by atoms with Crippen LogP contribution in [0.25, 0.3) is 11.0 Å². The number of hydrogen-bond acceptors (Lipinski definition) is 4. The van der Waals surface area contributed by atoms with E-state index in [4.69, 9.17) is 0 Å². The van der Waals surface area contributed by atoms with Gasteiger partial charge in [0.2, 0.25) is 0 Å². The highest BCUT2D eigenvalue weighted by Crippen LogP contribution is 2.11. The number of carbonyl (C=O) groups excluding carboxylic acids is 1. The molecule has 0 bridgehead atoms. The van der Waals surface area contributed by atoms with Gasteiger partial charge in [-0.15, -0.1) is 0 Å². The van der Waals surface area contributed by atoms with Crippen LogP contribution in [0, 0.1) is 0 Å². The van der Waals surface area contributed by atoms with E-state index in [9.17, 15) is 13.2 Å². The van der Waals surface area contributed by atoms with E-state index in [-0.39, 0.29) is 11.7 Å². The summed E-state index contributed by atoms with van der Waals surface area (Å²) in [7, 11) is -3.12. The van der Waals surface area contributed by atoms with Crippen molar-refractivity contribution >= 4 is 26.8 Å². The number of nitrogens with zero attached hydrogens (tertiary/aromatic N) is 1. The molecule has 0 atom stereocenters. The Morgan fingerprint density at radius 1 is 1.15 bits per heavy atom. The number of imidazole rings is 1. The maximum atomic E-state index is 12.2. The van der Waals surface area contributed by atoms with Crippen molar-refractivity contribution in [1.29, 1.82) is 0 Å². The number of carbonyl (C=O) groups is 1. The molecule has 0 aliphatic heterocycles. The second kappa shape index (κ2) is 7.70. The van der Waals surface area contributed by atoms with E-state index in [1.165, 1.54) is 6.26 Å². The van der Waals surface area contributed by atoms with Crippen LogP contribution < -0.4 is 5.32 Å². The summed E-state index contributed by atoms with van der Waals surface area (Å²) >= 11 is 0. The van der Waals surface area contributed by atoms with Gasteiger partial charge in [-0.05, 0) is 36.2 Å². The first-order chi connectivity index (χ1) is 12.4. The van der Waals surface area contributed by atoms with Gasteiger partial charge in [-0.25, -0.2) is 13.4 Å². The minimum atomic E-state index is -3.12. The van der Waals surface area contributed by atoms with Gasteiger partial charge in [0.1, 0.15) is 5.82 Å². The van der Waals surface area contributed by atoms with Gasteiger partial charge < -0.3 is 10.3 Å². The van der Waals surface area contributed by atoms with E-state index in [0.29, 0.717) is 17.7 Å². The lowest BCUT2D eigenvalue weighted by Crippen LogP contribution is -2.25. The smallest absolute Gasteiger partial charge is 0.251 e. The van der Waals surface area contributed by atoms with Gasteiger partial charge in [0.25, 0.3) is 5.91 Å². The molecule has 0 fully saturated rings. The van der Waals surface area contributed by atoms with E-state index in [1.807, 2.05) is 24.3 Å². The number of fused-ring (bicyclic) bond motifs is 1. The van der Waals surface area contributed by atoms with Crippen molar-refractivity contribution in [3.8, 4) is 0 Å². The van der Waals surface area contributed by atoms with Crippen LogP contribution in [0.5, 0.6) is 0 Å². The number of hydrogen-bond donors (Lipinski definition) is 2. The van der Waals surface area contributed by atoms with Crippen molar-refractivity contribution < 1.29 is 13.2 Å². The number of aryl methyl sites for hydroxylation is 1. The molecule has 136 valence electrons. The molecule has 1 amide bonds. The molecule has 1 heterocycles. The summed E-state index contributed by atoms with van der Waals surface area (Å²) < 4.78 is 22.8. The minimum Gasteiger partial charge on any atom is -0.352 e. The third kappa shape index (κ3) is 4.92. The maximum absolute atomic E-state index is 12.2. The van der Waals surface area contributed by atoms with Crippen LogP contribution >= 0.6 is 0 Å². The number of aromatic nitrogens is 2. The highest BCUT2D eigenvalue weighted by molar-refractivity contribution is 7.89. The molecular weight excluding hydrogens is 350 g/mol. The lowest BCUT2D eigenvalue weighted by Gasteiger charge is -2.06. The molecule has 0 saturated heterocycles. The molecule has 1 aromatic heterocycles. The van der Waals surface area contributed by atoms with E-state index in [2.05, 4.69) is 15.3 Å². The average molecular weight is 371 g/mol. The maximum Gasteiger partial charge on any atom is 0.251 e. The summed E-state index contributed by atoms with van der Waals surface area (Å²) in [4.78, 5) is 20.0. The van der Waals surface area contributed by atoms with Crippen molar-refractivity contribution in [2.45, 2.75) is 18.6 Å². The first-order valence-corrected chi connectivity index (χ1v) is 10.5. The minimum absolute atomic E-state index is 0.0693. The summed E-state index contributed by atoms with van der Waals surface area (Å²) in [5.41, 5.74) is 3.03. The fourth-order valence-electron chi connectivity index (χ4n) is 2.79. The fourth-order valence-corrected chi connectivity index (χ4v) is 3.57. The lowest BCUT2D eigenvalue weighted by molar-refractivity contribution is 0.0953. The molecule has 2 N–H and O–H groups in total. The van der Waals surface area contributed by atoms with E-state index >= 15 is 0 Å². The number of sulfone groups is 1. The fraction of sp³-hybridized carbons (Fsp3) is 0.263. The zero-order valence-corrected chi connectivity index (χ0v) is 15.3. The van der Waals surface area contributed by atoms with Gasteiger partial charge in [0.15, 0.2) is 9.84 Å². The summed E-state index contributed by atoms with van der Waals surface area (Å²) in [6.45, 7) is 0.520. The molecule has 26 heavy (non-hydrogen) atoms. The molecule has 0 unspecified atom stereocenters. The van der Waals surface area contributed by atoms with Crippen LogP contribution in [0.15, 0.2) is 48.5 Å². The number of nitrogens with one attached hydrogen (secondary N) is 2. The third-order valence-corrected chi connectivity index (χ3v) is 4.79. The molecule has 3 rings (SSSR count). The van der Waals surface area contributed by atoms with Gasteiger partial charge in [-0.2, -0.15) is 0 Å². The zero-order chi connectivity index (χ0) is 18.6. The number of benzene rings is 2. The summed E-state index contributed by atoms with van der Waals surface area (Å²) in [6.07, 6.45) is 2.68. The topological polar surface area (TPSA) is 91.9 Å². The van der Waals surface area contributed by atoms with Gasteiger partial charge in [0.05, 0.1) is 16.8 Å². The van der Waals surface area contributed by atoms with Crippen molar-refractivity contribution in [2.24, 2.45) is 0 Å². The summed E-state index contributed by atoms with van der Waals surface area (Å²) in [6, 6.07) is 14.6. The average Bonchev–Trinajstić information content (AvgIpc) is 3.00. The van der Waals surface area contributed by atoms with Crippen LogP contribution in [0.3, 0.4) is 0 Å². The Kier molecular flexibility index (Phi) is 5.37. The van der Waals surface area contributed by atoms with Crippen molar-refractivity contribution in [3.63, 3.8) is 0 Å². The zero-order valence-electron chi connectivity index (χ0n) is 14.5. The van der Waals surface area contributed by atoms with Gasteiger partial charge in [-0.1, -0.05) is 24.3 Å². The number of rotatable bonds is 7. The van der Waals surface area contributed by atoms with Crippen molar-refractivity contribution in [2.75, 3.05) is 12.8 Å². The first-order valence-electron chi connectivity index (χ1n) is 8.39. The Balaban J connectivity index is 1.51. The second-order valence-electron chi connectivity index (χ2n) is 6.33. The van der Waals surface area contributed by atoms with Crippen LogP contribution in [0.4, 0.5) is 0 Å². The first kappa shape index (κ1) is 18.1. The normalized spacial score (nSPS) is 11.6. The van der Waals surface area contributed by atoms with Crippen LogP contribution in [0.1, 0.15) is 28.2 Å². The Hall–Kier alpha value is -2.67. The SMILES string of the molecule is CS(=O)(=O)Cc1cccc(C(=O)NCCCc2nc3ccccc3[nH]2)c1. The van der Waals surface area contributed by atoms with Crippen LogP contribution in [-0.2, 0) is 22.0 Å². The molecule has 6 nitrogen and oxygen atoms in total. The number of aromatic amines is 1. The summed E-state index contributed by atoms with van der Waals surface area (Å²) in [5.74, 6) is 0.626. The Labute approximate surface area is 152 Å². The van der Waals surface area contributed by atoms with Crippen molar-refractivity contribution in [3.05, 3.63) is 65.5 Å². The lowest BCUT2D eigenvalue weighted by atomic mass is 10.1. The quantitative estimate of drug-likeness (QED) is 0.624. The van der Waals surface area contributed by atoms with Gasteiger partial charge >= 0.3 is 0 Å². The molecule has 0 saturated carbocycles. The predicted molar refractivity (Wildman–Crippen MR) is 102 cm³/mol. The predicted octanol–water partition coefficient (Wildman–Crippen LogP) is 2.47. The van der Waals surface area contributed by atoms with Crippen molar-refractivity contribution in [1.82, 2.24) is 15.3 Å². The third-order valence-electron chi connectivity index (χ3n) is 3.93. The molecule has 7 heteroatoms. The molecule has 0 aliphatic carbocycles. The highest BCUT2D eigenvalue weighted by Gasteiger charge is 2.09. The number of para-hydroxylation sites is 2. The van der Waals surface area contributed by atoms with E-state index < -0.39 is 9.84 Å². The second-order valence-corrected chi connectivity index (χ2v) is 8.47. The largest absolute Gasteiger partial charge is 0.352 e. The highest BCUT2D eigenvalue weighted by atomic mass is 32.2. The van der Waals surface area contributed by atoms with Crippen LogP contribution in [0.2, 0.25) is 0 Å². The Bertz CT molecular complexity index is 992. The molecule has 3 aromatic rings. The standard InChI is InChI=1S/C19H21N3O3S/c1-26(24,25)13-14-6-4-7-15(12-14)19(23)20-11-5-10-18-21-16-8-2-3-9-17(16)22-18/h2-4,6-9,12H,5,10-11,13H2,1H3,(H,20,23)(H,21,22).